The van der Waals surface area contributed by atoms with E-state index in [4.69, 9.17) is 5.73 Å². The van der Waals surface area contributed by atoms with Gasteiger partial charge in [0, 0.05) is 12.1 Å². The summed E-state index contributed by atoms with van der Waals surface area (Å²) in [6, 6.07) is 8.82. The number of nitrogens with two attached hydrogens (primary N) is 1. The first-order valence-electron chi connectivity index (χ1n) is 7.07. The molecule has 2 nitrogen and oxygen atoms in total. The van der Waals surface area contributed by atoms with E-state index in [0.29, 0.717) is 12.5 Å². The van der Waals surface area contributed by atoms with Crippen LogP contribution in [-0.2, 0) is 12.8 Å². The van der Waals surface area contributed by atoms with Crippen LogP contribution in [0.25, 0.3) is 0 Å². The van der Waals surface area contributed by atoms with E-state index in [1.54, 1.807) is 0 Å². The summed E-state index contributed by atoms with van der Waals surface area (Å²) in [5.74, 6) is 1.29. The van der Waals surface area contributed by atoms with E-state index in [9.17, 15) is 0 Å². The van der Waals surface area contributed by atoms with E-state index in [1.165, 1.54) is 24.0 Å². The minimum Gasteiger partial charge on any atom is -0.329 e. The third-order valence-electron chi connectivity index (χ3n) is 4.63. The first-order chi connectivity index (χ1) is 8.55. The molecule has 2 heteroatoms. The molecule has 1 aliphatic carbocycles. The molecule has 0 heterocycles. The highest BCUT2D eigenvalue weighted by molar-refractivity contribution is 5.32. The van der Waals surface area contributed by atoms with Gasteiger partial charge in [-0.1, -0.05) is 38.1 Å². The van der Waals surface area contributed by atoms with Crippen molar-refractivity contribution < 1.29 is 0 Å². The third-order valence-corrected chi connectivity index (χ3v) is 4.63. The summed E-state index contributed by atoms with van der Waals surface area (Å²) in [7, 11) is 0. The summed E-state index contributed by atoms with van der Waals surface area (Å²) in [5.41, 5.74) is 9.04. The van der Waals surface area contributed by atoms with Gasteiger partial charge in [-0.25, -0.2) is 0 Å². The van der Waals surface area contributed by atoms with Gasteiger partial charge >= 0.3 is 0 Å². The second kappa shape index (κ2) is 5.41. The van der Waals surface area contributed by atoms with Crippen molar-refractivity contribution in [3.8, 4) is 0 Å². The molecule has 1 aromatic rings. The molecule has 1 unspecified atom stereocenters. The molecule has 0 saturated heterocycles. The van der Waals surface area contributed by atoms with Gasteiger partial charge in [-0.15, -0.1) is 0 Å². The highest BCUT2D eigenvalue weighted by Crippen LogP contribution is 2.26. The molecule has 0 amide bonds. The van der Waals surface area contributed by atoms with E-state index in [-0.39, 0.29) is 5.54 Å². The van der Waals surface area contributed by atoms with Crippen LogP contribution >= 0.6 is 0 Å². The van der Waals surface area contributed by atoms with E-state index < -0.39 is 0 Å². The fourth-order valence-electron chi connectivity index (χ4n) is 2.68. The molecule has 1 aliphatic rings. The van der Waals surface area contributed by atoms with Crippen molar-refractivity contribution in [2.45, 2.75) is 39.2 Å². The molecule has 0 saturated carbocycles. The van der Waals surface area contributed by atoms with Crippen LogP contribution in [0.1, 0.15) is 31.9 Å². The summed E-state index contributed by atoms with van der Waals surface area (Å²) in [6.07, 6.45) is 2.42. The number of nitrogens with one attached hydrogen (secondary N) is 1. The lowest BCUT2D eigenvalue weighted by molar-refractivity contribution is 0.253. The zero-order chi connectivity index (χ0) is 13.2. The Morgan fingerprint density at radius 1 is 1.28 bits per heavy atom. The molecule has 3 N–H and O–H groups in total. The molecule has 0 radical (unpaired) electrons. The fraction of sp³-hybridized carbons (Fsp3) is 0.625. The Labute approximate surface area is 111 Å². The largest absolute Gasteiger partial charge is 0.329 e. The molecule has 0 fully saturated rings. The van der Waals surface area contributed by atoms with Crippen molar-refractivity contribution in [1.29, 1.82) is 0 Å². The van der Waals surface area contributed by atoms with E-state index in [0.717, 1.165) is 12.5 Å². The Bertz CT molecular complexity index is 375. The Kier molecular flexibility index (Phi) is 4.08. The average Bonchev–Trinajstić information content (AvgIpc) is 2.78. The van der Waals surface area contributed by atoms with Crippen molar-refractivity contribution >= 4 is 0 Å². The van der Waals surface area contributed by atoms with Crippen LogP contribution < -0.4 is 11.1 Å². The number of hydrogen-bond donors (Lipinski definition) is 2. The Hall–Kier alpha value is -0.860. The number of rotatable bonds is 5. The van der Waals surface area contributed by atoms with Gasteiger partial charge in [-0.3, -0.25) is 0 Å². The predicted octanol–water partition coefficient (Wildman–Crippen LogP) is 2.36. The fourth-order valence-corrected chi connectivity index (χ4v) is 2.68. The maximum absolute atomic E-state index is 5.91. The Balaban J connectivity index is 1.90. The molecule has 1 aromatic carbocycles. The zero-order valence-corrected chi connectivity index (χ0v) is 11.9. The van der Waals surface area contributed by atoms with Gasteiger partial charge in [0.2, 0.25) is 0 Å². The lowest BCUT2D eigenvalue weighted by Gasteiger charge is -2.35. The molecule has 0 aromatic heterocycles. The monoisotopic (exact) mass is 246 g/mol. The van der Waals surface area contributed by atoms with Gasteiger partial charge in [0.15, 0.2) is 0 Å². The van der Waals surface area contributed by atoms with Crippen molar-refractivity contribution in [1.82, 2.24) is 5.32 Å². The maximum atomic E-state index is 5.91. The number of fused-ring (bicyclic) bond motifs is 1. The first kappa shape index (κ1) is 13.6. The van der Waals surface area contributed by atoms with Gasteiger partial charge in [-0.2, -0.15) is 0 Å². The summed E-state index contributed by atoms with van der Waals surface area (Å²) in [4.78, 5) is 0. The minimum atomic E-state index is 0.0643. The molecule has 0 spiro atoms. The summed E-state index contributed by atoms with van der Waals surface area (Å²) in [6.45, 7) is 8.48. The molecule has 1 atom stereocenters. The van der Waals surface area contributed by atoms with Crippen LogP contribution in [0.5, 0.6) is 0 Å². The lowest BCUT2D eigenvalue weighted by Crippen LogP contribution is -2.54. The van der Waals surface area contributed by atoms with Crippen LogP contribution in [0.4, 0.5) is 0 Å². The van der Waals surface area contributed by atoms with Crippen LogP contribution in [0.15, 0.2) is 24.3 Å². The molecular formula is C16H26N2. The highest BCUT2D eigenvalue weighted by Gasteiger charge is 2.28. The molecule has 0 bridgehead atoms. The van der Waals surface area contributed by atoms with E-state index in [1.807, 2.05) is 0 Å². The highest BCUT2D eigenvalue weighted by atomic mass is 15.0. The van der Waals surface area contributed by atoms with Crippen molar-refractivity contribution in [2.75, 3.05) is 13.1 Å². The lowest BCUT2D eigenvalue weighted by atomic mass is 9.88. The van der Waals surface area contributed by atoms with Gasteiger partial charge in [0.25, 0.3) is 0 Å². The Morgan fingerprint density at radius 3 is 2.28 bits per heavy atom. The summed E-state index contributed by atoms with van der Waals surface area (Å²) < 4.78 is 0. The molecule has 0 aliphatic heterocycles. The SMILES string of the molecule is CC(C)C(C)(CN)NCC1Cc2ccccc2C1. The third kappa shape index (κ3) is 2.76. The van der Waals surface area contributed by atoms with Crippen LogP contribution in [0.3, 0.4) is 0 Å². The average molecular weight is 246 g/mol. The van der Waals surface area contributed by atoms with Crippen LogP contribution in [-0.4, -0.2) is 18.6 Å². The number of benzene rings is 1. The molecule has 2 rings (SSSR count). The second-order valence-electron chi connectivity index (χ2n) is 6.20. The predicted molar refractivity (Wildman–Crippen MR) is 77.6 cm³/mol. The Morgan fingerprint density at radius 2 is 1.83 bits per heavy atom. The minimum absolute atomic E-state index is 0.0643. The normalized spacial score (nSPS) is 18.9. The quantitative estimate of drug-likeness (QED) is 0.837. The summed E-state index contributed by atoms with van der Waals surface area (Å²) in [5, 5.41) is 3.70. The standard InChI is InChI=1S/C16H26N2/c1-12(2)16(3,11-17)18-10-13-8-14-6-4-5-7-15(14)9-13/h4-7,12-13,18H,8-11,17H2,1-3H3. The first-order valence-corrected chi connectivity index (χ1v) is 7.07. The van der Waals surface area contributed by atoms with Crippen molar-refractivity contribution in [3.63, 3.8) is 0 Å². The van der Waals surface area contributed by atoms with E-state index in [2.05, 4.69) is 50.4 Å². The van der Waals surface area contributed by atoms with Gasteiger partial charge < -0.3 is 11.1 Å². The van der Waals surface area contributed by atoms with Gasteiger partial charge in [-0.05, 0) is 49.3 Å². The van der Waals surface area contributed by atoms with Crippen LogP contribution in [0, 0.1) is 11.8 Å². The smallest absolute Gasteiger partial charge is 0.0298 e. The maximum Gasteiger partial charge on any atom is 0.0298 e. The molecular weight excluding hydrogens is 220 g/mol. The van der Waals surface area contributed by atoms with E-state index >= 15 is 0 Å². The van der Waals surface area contributed by atoms with Gasteiger partial charge in [0.05, 0.1) is 0 Å². The van der Waals surface area contributed by atoms with Crippen molar-refractivity contribution in [3.05, 3.63) is 35.4 Å². The summed E-state index contributed by atoms with van der Waals surface area (Å²) >= 11 is 0. The van der Waals surface area contributed by atoms with Gasteiger partial charge in [0.1, 0.15) is 0 Å². The number of hydrogen-bond acceptors (Lipinski definition) is 2. The second-order valence-corrected chi connectivity index (χ2v) is 6.20. The molecule has 100 valence electrons. The van der Waals surface area contributed by atoms with Crippen molar-refractivity contribution in [2.24, 2.45) is 17.6 Å². The molecule has 18 heavy (non-hydrogen) atoms. The zero-order valence-electron chi connectivity index (χ0n) is 11.9. The topological polar surface area (TPSA) is 38.0 Å². The van der Waals surface area contributed by atoms with Crippen LogP contribution in [0.2, 0.25) is 0 Å².